The molecule has 4 aromatic heterocycles. The highest BCUT2D eigenvalue weighted by atomic mass is 15.2. The maximum absolute atomic E-state index is 5.26. The SMILES string of the molecule is CC1(C)c2ccccc2-c2cc(-n3c4ccc(-c5ccc6c(c5)n5c7ccccc7nc5n6-c5ccc(-c6ccccc6)cc5)cc4n4c5ccccc5nc34)ccc21. The Balaban J connectivity index is 1.01. The molecule has 0 bridgehead atoms. The molecule has 0 atom stereocenters. The highest BCUT2D eigenvalue weighted by Crippen LogP contribution is 2.49. The second kappa shape index (κ2) is 11.7. The highest BCUT2D eigenvalue weighted by molar-refractivity contribution is 5.97. The molecule has 6 nitrogen and oxygen atoms in total. The molecule has 6 heteroatoms. The highest BCUT2D eigenvalue weighted by Gasteiger charge is 2.35. The molecule has 278 valence electrons. The van der Waals surface area contributed by atoms with Crippen LogP contribution in [0.4, 0.5) is 0 Å². The largest absolute Gasteiger partial charge is 0.278 e. The van der Waals surface area contributed by atoms with Crippen LogP contribution in [0.25, 0.3) is 100 Å². The molecule has 0 fully saturated rings. The van der Waals surface area contributed by atoms with Gasteiger partial charge in [-0.3, -0.25) is 17.9 Å². The summed E-state index contributed by atoms with van der Waals surface area (Å²) in [5, 5.41) is 0. The fourth-order valence-electron chi connectivity index (χ4n) is 9.95. The monoisotopic (exact) mass is 756 g/mol. The first-order chi connectivity index (χ1) is 29.0. The molecule has 13 rings (SSSR count). The van der Waals surface area contributed by atoms with Gasteiger partial charge >= 0.3 is 0 Å². The first kappa shape index (κ1) is 32.4. The number of imidazole rings is 4. The lowest BCUT2D eigenvalue weighted by atomic mass is 9.82. The van der Waals surface area contributed by atoms with E-state index in [9.17, 15) is 0 Å². The summed E-state index contributed by atoms with van der Waals surface area (Å²) >= 11 is 0. The Morgan fingerprint density at radius 1 is 0.356 bits per heavy atom. The number of nitrogens with zero attached hydrogens (tertiary/aromatic N) is 6. The number of hydrogen-bond acceptors (Lipinski definition) is 2. The van der Waals surface area contributed by atoms with Gasteiger partial charge in [-0.05, 0) is 117 Å². The zero-order valence-electron chi connectivity index (χ0n) is 32.5. The van der Waals surface area contributed by atoms with Crippen LogP contribution in [-0.4, -0.2) is 27.9 Å². The zero-order chi connectivity index (χ0) is 39.0. The lowest BCUT2D eigenvalue weighted by Gasteiger charge is -2.21. The number of aromatic nitrogens is 6. The Morgan fingerprint density at radius 3 is 1.49 bits per heavy atom. The third-order valence-corrected chi connectivity index (χ3v) is 12.8. The average molecular weight is 757 g/mol. The predicted octanol–water partition coefficient (Wildman–Crippen LogP) is 12.8. The molecular formula is C53H36N6. The molecule has 0 saturated carbocycles. The molecule has 12 aromatic rings. The predicted molar refractivity (Wildman–Crippen MR) is 241 cm³/mol. The third kappa shape index (κ3) is 4.45. The summed E-state index contributed by atoms with van der Waals surface area (Å²) < 4.78 is 9.26. The number of hydrogen-bond donors (Lipinski definition) is 0. The molecule has 0 saturated heterocycles. The molecular weight excluding hydrogens is 721 g/mol. The normalized spacial score (nSPS) is 13.4. The maximum atomic E-state index is 5.26. The van der Waals surface area contributed by atoms with Crippen molar-refractivity contribution in [2.24, 2.45) is 0 Å². The number of rotatable bonds is 4. The van der Waals surface area contributed by atoms with E-state index in [4.69, 9.17) is 9.97 Å². The van der Waals surface area contributed by atoms with Crippen molar-refractivity contribution in [3.8, 4) is 44.8 Å². The van der Waals surface area contributed by atoms with E-state index in [1.54, 1.807) is 0 Å². The van der Waals surface area contributed by atoms with Crippen molar-refractivity contribution in [2.45, 2.75) is 19.3 Å². The second-order valence-corrected chi connectivity index (χ2v) is 16.4. The topological polar surface area (TPSA) is 44.5 Å². The van der Waals surface area contributed by atoms with Gasteiger partial charge in [0.25, 0.3) is 0 Å². The van der Waals surface area contributed by atoms with Crippen LogP contribution in [0.3, 0.4) is 0 Å². The van der Waals surface area contributed by atoms with E-state index in [0.29, 0.717) is 0 Å². The van der Waals surface area contributed by atoms with Gasteiger partial charge in [-0.2, -0.15) is 0 Å². The minimum atomic E-state index is -0.0565. The van der Waals surface area contributed by atoms with E-state index in [0.717, 1.165) is 78.2 Å². The number of fused-ring (bicyclic) bond motifs is 13. The smallest absolute Gasteiger partial charge is 0.220 e. The Hall–Kier alpha value is -7.70. The van der Waals surface area contributed by atoms with Crippen LogP contribution in [0.5, 0.6) is 0 Å². The fourth-order valence-corrected chi connectivity index (χ4v) is 9.95. The second-order valence-electron chi connectivity index (χ2n) is 16.4. The van der Waals surface area contributed by atoms with Gasteiger partial charge in [0, 0.05) is 16.8 Å². The summed E-state index contributed by atoms with van der Waals surface area (Å²) in [7, 11) is 0. The minimum Gasteiger partial charge on any atom is -0.278 e. The van der Waals surface area contributed by atoms with Crippen molar-refractivity contribution in [3.63, 3.8) is 0 Å². The van der Waals surface area contributed by atoms with Crippen LogP contribution < -0.4 is 0 Å². The van der Waals surface area contributed by atoms with Crippen LogP contribution in [0, 0.1) is 0 Å². The molecule has 1 aliphatic rings. The molecule has 59 heavy (non-hydrogen) atoms. The first-order valence-electron chi connectivity index (χ1n) is 20.3. The van der Waals surface area contributed by atoms with Gasteiger partial charge in [-0.1, -0.05) is 123 Å². The molecule has 0 radical (unpaired) electrons. The third-order valence-electron chi connectivity index (χ3n) is 12.8. The summed E-state index contributed by atoms with van der Waals surface area (Å²) in [5.41, 5.74) is 20.7. The molecule has 0 aliphatic heterocycles. The Labute approximate surface area is 339 Å². The fraction of sp³-hybridized carbons (Fsp3) is 0.0566. The van der Waals surface area contributed by atoms with Crippen LogP contribution in [0.1, 0.15) is 25.0 Å². The van der Waals surface area contributed by atoms with Crippen LogP contribution in [0.2, 0.25) is 0 Å². The van der Waals surface area contributed by atoms with Crippen molar-refractivity contribution in [2.75, 3.05) is 0 Å². The molecule has 0 unspecified atom stereocenters. The summed E-state index contributed by atoms with van der Waals surface area (Å²) in [4.78, 5) is 10.5. The molecule has 4 heterocycles. The molecule has 0 amide bonds. The van der Waals surface area contributed by atoms with Gasteiger partial charge in [0.15, 0.2) is 0 Å². The van der Waals surface area contributed by atoms with E-state index >= 15 is 0 Å². The van der Waals surface area contributed by atoms with Gasteiger partial charge in [0.05, 0.1) is 44.1 Å². The molecule has 1 aliphatic carbocycles. The minimum absolute atomic E-state index is 0.0565. The van der Waals surface area contributed by atoms with Gasteiger partial charge in [-0.25, -0.2) is 9.97 Å². The van der Waals surface area contributed by atoms with Crippen molar-refractivity contribution in [1.82, 2.24) is 27.9 Å². The van der Waals surface area contributed by atoms with Gasteiger partial charge in [0.1, 0.15) is 0 Å². The van der Waals surface area contributed by atoms with Crippen LogP contribution >= 0.6 is 0 Å². The van der Waals surface area contributed by atoms with E-state index in [2.05, 4.69) is 214 Å². The molecule has 0 N–H and O–H groups in total. The van der Waals surface area contributed by atoms with Crippen LogP contribution in [0.15, 0.2) is 182 Å². The van der Waals surface area contributed by atoms with Gasteiger partial charge < -0.3 is 0 Å². The number of benzene rings is 8. The molecule has 0 spiro atoms. The summed E-state index contributed by atoms with van der Waals surface area (Å²) in [5.74, 6) is 1.80. The summed E-state index contributed by atoms with van der Waals surface area (Å²) in [6, 6.07) is 65.7. The van der Waals surface area contributed by atoms with E-state index in [1.807, 2.05) is 0 Å². The Bertz CT molecular complexity index is 3690. The van der Waals surface area contributed by atoms with Crippen LogP contribution in [-0.2, 0) is 5.41 Å². The van der Waals surface area contributed by atoms with Crippen molar-refractivity contribution in [1.29, 1.82) is 0 Å². The average Bonchev–Trinajstić information content (AvgIpc) is 4.06. The quantitative estimate of drug-likeness (QED) is 0.179. The molecule has 8 aromatic carbocycles. The number of para-hydroxylation sites is 4. The maximum Gasteiger partial charge on any atom is 0.220 e. The van der Waals surface area contributed by atoms with Crippen molar-refractivity contribution >= 4 is 55.7 Å². The zero-order valence-corrected chi connectivity index (χ0v) is 32.5. The Kier molecular flexibility index (Phi) is 6.41. The lowest BCUT2D eigenvalue weighted by Crippen LogP contribution is -2.14. The van der Waals surface area contributed by atoms with Gasteiger partial charge in [-0.15, -0.1) is 0 Å². The van der Waals surface area contributed by atoms with Crippen molar-refractivity contribution in [3.05, 3.63) is 193 Å². The van der Waals surface area contributed by atoms with E-state index < -0.39 is 0 Å². The van der Waals surface area contributed by atoms with E-state index in [-0.39, 0.29) is 5.41 Å². The standard InChI is InChI=1S/C53H36N6/c1-53(2)41-15-7-6-14-39(41)40-32-38(26-27-42(40)53)57-48-29-23-36(31-50(48)59-46-19-11-9-17-44(46)55-52(57)59)35-22-28-47-49(30-35)58-45-18-10-8-16-43(45)54-51(58)56(47)37-24-20-34(21-25-37)33-12-4-3-5-13-33/h3-32H,1-2H3. The first-order valence-corrected chi connectivity index (χ1v) is 20.3. The van der Waals surface area contributed by atoms with E-state index in [1.165, 1.54) is 33.4 Å². The summed E-state index contributed by atoms with van der Waals surface area (Å²) in [6.07, 6.45) is 0. The Morgan fingerprint density at radius 2 is 0.847 bits per heavy atom. The lowest BCUT2D eigenvalue weighted by molar-refractivity contribution is 0.660. The van der Waals surface area contributed by atoms with Crippen molar-refractivity contribution < 1.29 is 0 Å². The van der Waals surface area contributed by atoms with Gasteiger partial charge in [0.2, 0.25) is 11.6 Å². The summed E-state index contributed by atoms with van der Waals surface area (Å²) in [6.45, 7) is 4.67.